The van der Waals surface area contributed by atoms with Gasteiger partial charge in [-0.15, -0.1) is 0 Å². The molecule has 2 aliphatic rings. The SMILES string of the molecule is COc1ccc(C(CN=C(N)N2CCCC(C)C2)N2CCOCC2)cc1OC. The van der Waals surface area contributed by atoms with Gasteiger partial charge in [-0.25, -0.2) is 0 Å². The molecule has 3 rings (SSSR count). The maximum absolute atomic E-state index is 6.36. The Morgan fingerprint density at radius 1 is 1.21 bits per heavy atom. The molecule has 2 unspecified atom stereocenters. The van der Waals surface area contributed by atoms with Crippen LogP contribution in [0.25, 0.3) is 0 Å². The second-order valence-corrected chi connectivity index (χ2v) is 7.67. The first-order valence-corrected chi connectivity index (χ1v) is 10.2. The number of morpholine rings is 1. The molecule has 0 radical (unpaired) electrons. The lowest BCUT2D eigenvalue weighted by molar-refractivity contribution is 0.0179. The summed E-state index contributed by atoms with van der Waals surface area (Å²) in [5, 5.41) is 0. The third kappa shape index (κ3) is 5.08. The summed E-state index contributed by atoms with van der Waals surface area (Å²) < 4.78 is 16.4. The molecule has 2 fully saturated rings. The summed E-state index contributed by atoms with van der Waals surface area (Å²) in [5.41, 5.74) is 7.51. The van der Waals surface area contributed by atoms with Crippen molar-refractivity contribution in [1.29, 1.82) is 0 Å². The van der Waals surface area contributed by atoms with Crippen molar-refractivity contribution in [2.45, 2.75) is 25.8 Å². The van der Waals surface area contributed by atoms with E-state index >= 15 is 0 Å². The second-order valence-electron chi connectivity index (χ2n) is 7.67. The molecule has 0 amide bonds. The number of nitrogens with two attached hydrogens (primary N) is 1. The molecule has 2 N–H and O–H groups in total. The van der Waals surface area contributed by atoms with Crippen LogP contribution < -0.4 is 15.2 Å². The maximum atomic E-state index is 6.36. The molecule has 0 saturated carbocycles. The highest BCUT2D eigenvalue weighted by Crippen LogP contribution is 2.32. The molecule has 0 spiro atoms. The average molecular weight is 391 g/mol. The fourth-order valence-electron chi connectivity index (χ4n) is 4.06. The van der Waals surface area contributed by atoms with E-state index in [1.807, 2.05) is 12.1 Å². The number of rotatable bonds is 6. The van der Waals surface area contributed by atoms with Crippen molar-refractivity contribution < 1.29 is 14.2 Å². The van der Waals surface area contributed by atoms with Crippen LogP contribution in [0.5, 0.6) is 11.5 Å². The summed E-state index contributed by atoms with van der Waals surface area (Å²) >= 11 is 0. The zero-order chi connectivity index (χ0) is 19.9. The van der Waals surface area contributed by atoms with Gasteiger partial charge in [0.25, 0.3) is 0 Å². The lowest BCUT2D eigenvalue weighted by Crippen LogP contribution is -2.44. The van der Waals surface area contributed by atoms with Crippen LogP contribution in [0.4, 0.5) is 0 Å². The quantitative estimate of drug-likeness (QED) is 0.593. The highest BCUT2D eigenvalue weighted by atomic mass is 16.5. The number of methoxy groups -OCH3 is 2. The van der Waals surface area contributed by atoms with E-state index in [9.17, 15) is 0 Å². The molecule has 0 aliphatic carbocycles. The van der Waals surface area contributed by atoms with E-state index in [0.717, 1.165) is 56.5 Å². The molecule has 0 bridgehead atoms. The number of benzene rings is 1. The summed E-state index contributed by atoms with van der Waals surface area (Å²) in [6.07, 6.45) is 2.45. The van der Waals surface area contributed by atoms with Gasteiger partial charge in [-0.1, -0.05) is 13.0 Å². The van der Waals surface area contributed by atoms with Gasteiger partial charge in [-0.3, -0.25) is 9.89 Å². The van der Waals surface area contributed by atoms with Crippen LogP contribution in [0.1, 0.15) is 31.4 Å². The molecule has 7 heteroatoms. The Labute approximate surface area is 168 Å². The zero-order valence-electron chi connectivity index (χ0n) is 17.4. The molecule has 2 saturated heterocycles. The van der Waals surface area contributed by atoms with Gasteiger partial charge in [0.2, 0.25) is 0 Å². The Hall–Kier alpha value is -1.99. The molecule has 2 heterocycles. The van der Waals surface area contributed by atoms with Crippen molar-refractivity contribution in [2.75, 3.05) is 60.2 Å². The number of hydrogen-bond donors (Lipinski definition) is 1. The van der Waals surface area contributed by atoms with Crippen molar-refractivity contribution in [2.24, 2.45) is 16.6 Å². The first-order valence-electron chi connectivity index (χ1n) is 10.2. The van der Waals surface area contributed by atoms with E-state index in [-0.39, 0.29) is 6.04 Å². The van der Waals surface area contributed by atoms with Crippen molar-refractivity contribution in [3.05, 3.63) is 23.8 Å². The Kier molecular flexibility index (Phi) is 7.39. The number of nitrogens with zero attached hydrogens (tertiary/aromatic N) is 3. The molecule has 1 aromatic rings. The molecule has 2 atom stereocenters. The Morgan fingerprint density at radius 2 is 1.96 bits per heavy atom. The van der Waals surface area contributed by atoms with Crippen molar-refractivity contribution in [1.82, 2.24) is 9.80 Å². The van der Waals surface area contributed by atoms with Crippen molar-refractivity contribution in [3.63, 3.8) is 0 Å². The van der Waals surface area contributed by atoms with Crippen LogP contribution in [0.2, 0.25) is 0 Å². The van der Waals surface area contributed by atoms with Gasteiger partial charge in [0, 0.05) is 26.2 Å². The van der Waals surface area contributed by atoms with E-state index in [1.165, 1.54) is 12.8 Å². The van der Waals surface area contributed by atoms with Crippen molar-refractivity contribution in [3.8, 4) is 11.5 Å². The molecule has 1 aromatic carbocycles. The monoisotopic (exact) mass is 390 g/mol. The minimum absolute atomic E-state index is 0.129. The Morgan fingerprint density at radius 3 is 2.64 bits per heavy atom. The third-order valence-corrected chi connectivity index (χ3v) is 5.69. The molecule has 2 aliphatic heterocycles. The van der Waals surface area contributed by atoms with E-state index < -0.39 is 0 Å². The topological polar surface area (TPSA) is 72.6 Å². The van der Waals surface area contributed by atoms with Gasteiger partial charge in [0.15, 0.2) is 17.5 Å². The highest BCUT2D eigenvalue weighted by Gasteiger charge is 2.24. The van der Waals surface area contributed by atoms with E-state index in [2.05, 4.69) is 22.8 Å². The highest BCUT2D eigenvalue weighted by molar-refractivity contribution is 5.78. The van der Waals surface area contributed by atoms with E-state index in [1.54, 1.807) is 14.2 Å². The van der Waals surface area contributed by atoms with E-state index in [0.29, 0.717) is 18.4 Å². The predicted octanol–water partition coefficient (Wildman–Crippen LogP) is 2.12. The fourth-order valence-corrected chi connectivity index (χ4v) is 4.06. The standard InChI is InChI=1S/C21H34N4O3/c1-16-5-4-8-25(15-16)21(22)23-14-18(24-9-11-28-12-10-24)17-6-7-19(26-2)20(13-17)27-3/h6-7,13,16,18H,4-5,8-12,14-15H2,1-3H3,(H2,22,23). The number of piperidine rings is 1. The third-order valence-electron chi connectivity index (χ3n) is 5.69. The normalized spacial score (nSPS) is 22.8. The van der Waals surface area contributed by atoms with E-state index in [4.69, 9.17) is 24.9 Å². The number of ether oxygens (including phenoxy) is 3. The summed E-state index contributed by atoms with van der Waals surface area (Å²) in [5.74, 6) is 2.80. The van der Waals surface area contributed by atoms with Crippen LogP contribution in [0.15, 0.2) is 23.2 Å². The lowest BCUT2D eigenvalue weighted by atomic mass is 10.0. The molecule has 28 heavy (non-hydrogen) atoms. The number of hydrogen-bond acceptors (Lipinski definition) is 5. The fraction of sp³-hybridized carbons (Fsp3) is 0.667. The first-order chi connectivity index (χ1) is 13.6. The van der Waals surface area contributed by atoms with Gasteiger partial charge in [0.05, 0.1) is 40.0 Å². The van der Waals surface area contributed by atoms with Crippen LogP contribution in [0.3, 0.4) is 0 Å². The van der Waals surface area contributed by atoms with Crippen LogP contribution >= 0.6 is 0 Å². The molecule has 7 nitrogen and oxygen atoms in total. The second kappa shape index (κ2) is 9.98. The number of likely N-dealkylation sites (tertiary alicyclic amines) is 1. The summed E-state index contributed by atoms with van der Waals surface area (Å²) in [7, 11) is 3.32. The average Bonchev–Trinajstić information content (AvgIpc) is 2.74. The number of aliphatic imine (C=N–C) groups is 1. The molecule has 0 aromatic heterocycles. The van der Waals surface area contributed by atoms with Gasteiger partial charge < -0.3 is 24.8 Å². The minimum atomic E-state index is 0.129. The zero-order valence-corrected chi connectivity index (χ0v) is 17.4. The van der Waals surface area contributed by atoms with Gasteiger partial charge in [-0.05, 0) is 36.5 Å². The summed E-state index contributed by atoms with van der Waals surface area (Å²) in [4.78, 5) is 9.44. The smallest absolute Gasteiger partial charge is 0.191 e. The molecular weight excluding hydrogens is 356 g/mol. The van der Waals surface area contributed by atoms with Crippen LogP contribution in [-0.4, -0.2) is 75.9 Å². The Bertz CT molecular complexity index is 661. The summed E-state index contributed by atoms with van der Waals surface area (Å²) in [6.45, 7) is 8.14. The van der Waals surface area contributed by atoms with Crippen molar-refractivity contribution >= 4 is 5.96 Å². The lowest BCUT2D eigenvalue weighted by Gasteiger charge is -2.35. The maximum Gasteiger partial charge on any atom is 0.191 e. The predicted molar refractivity (Wildman–Crippen MR) is 111 cm³/mol. The molecular formula is C21H34N4O3. The summed E-state index contributed by atoms with van der Waals surface area (Å²) in [6, 6.07) is 6.23. The van der Waals surface area contributed by atoms with Gasteiger partial charge in [-0.2, -0.15) is 0 Å². The van der Waals surface area contributed by atoms with Crippen LogP contribution in [-0.2, 0) is 4.74 Å². The molecule has 156 valence electrons. The van der Waals surface area contributed by atoms with Crippen LogP contribution in [0, 0.1) is 5.92 Å². The first kappa shape index (κ1) is 20.7. The van der Waals surface area contributed by atoms with Gasteiger partial charge in [0.1, 0.15) is 0 Å². The minimum Gasteiger partial charge on any atom is -0.493 e. The Balaban J connectivity index is 1.80. The van der Waals surface area contributed by atoms with Gasteiger partial charge >= 0.3 is 0 Å². The number of guanidine groups is 1. The largest absolute Gasteiger partial charge is 0.493 e.